The number of nitrogens with one attached hydrogen (secondary N) is 3. The Kier molecular flexibility index (Phi) is 14.8. The highest BCUT2D eigenvalue weighted by atomic mass is 19.1. The molecule has 0 aliphatic rings. The van der Waals surface area contributed by atoms with Crippen molar-refractivity contribution in [3.63, 3.8) is 0 Å². The van der Waals surface area contributed by atoms with Crippen molar-refractivity contribution in [1.29, 1.82) is 0 Å². The Morgan fingerprint density at radius 3 is 2.22 bits per heavy atom. The second-order valence-electron chi connectivity index (χ2n) is 11.4. The number of nitrogens with zero attached hydrogens (tertiary/aromatic N) is 1. The highest BCUT2D eigenvalue weighted by Gasteiger charge is 2.24. The zero-order chi connectivity index (χ0) is 33.5. The molecule has 0 saturated heterocycles. The summed E-state index contributed by atoms with van der Waals surface area (Å²) in [4.78, 5) is 29.0. The van der Waals surface area contributed by atoms with Crippen LogP contribution < -0.4 is 16.0 Å². The molecule has 0 spiro atoms. The number of hydrogen-bond donors (Lipinski definition) is 4. The van der Waals surface area contributed by atoms with Crippen molar-refractivity contribution in [2.45, 2.75) is 65.1 Å². The van der Waals surface area contributed by atoms with E-state index in [0.717, 1.165) is 30.9 Å². The summed E-state index contributed by atoms with van der Waals surface area (Å²) < 4.78 is 28.1. The van der Waals surface area contributed by atoms with E-state index < -0.39 is 29.7 Å². The zero-order valence-corrected chi connectivity index (χ0v) is 27.3. The van der Waals surface area contributed by atoms with Crippen molar-refractivity contribution in [1.82, 2.24) is 20.9 Å². The number of halogens is 2. The Morgan fingerprint density at radius 2 is 1.57 bits per heavy atom. The quantitative estimate of drug-likeness (QED) is 0.170. The summed E-state index contributed by atoms with van der Waals surface area (Å²) in [5.74, 6) is 3.75. The fourth-order valence-electron chi connectivity index (χ4n) is 5.21. The lowest BCUT2D eigenvalue weighted by Gasteiger charge is -2.25. The Hall–Kier alpha value is -4.10. The number of rotatable bonds is 16. The Morgan fingerprint density at radius 1 is 0.891 bits per heavy atom. The summed E-state index contributed by atoms with van der Waals surface area (Å²) in [6.45, 7) is 8.27. The van der Waals surface area contributed by atoms with Gasteiger partial charge in [-0.1, -0.05) is 56.9 Å². The molecule has 0 saturated carbocycles. The van der Waals surface area contributed by atoms with Gasteiger partial charge in [-0.3, -0.25) is 9.59 Å². The van der Waals surface area contributed by atoms with Crippen LogP contribution in [0.4, 0.5) is 8.78 Å². The molecule has 2 amide bonds. The first-order valence-electron chi connectivity index (χ1n) is 16.0. The number of hydrogen-bond acceptors (Lipinski definition) is 5. The first-order chi connectivity index (χ1) is 22.2. The summed E-state index contributed by atoms with van der Waals surface area (Å²) in [6, 6.07) is 15.2. The molecule has 0 unspecified atom stereocenters. The Labute approximate surface area is 271 Å². The molecule has 0 radical (unpaired) electrons. The number of aryl methyl sites for hydroxylation is 1. The molecule has 0 aromatic heterocycles. The Bertz CT molecular complexity index is 1490. The van der Waals surface area contributed by atoms with Crippen LogP contribution in [-0.2, 0) is 19.4 Å². The van der Waals surface area contributed by atoms with Crippen LogP contribution >= 0.6 is 0 Å². The molecule has 2 atom stereocenters. The summed E-state index contributed by atoms with van der Waals surface area (Å²) in [5.41, 5.74) is 3.56. The topological polar surface area (TPSA) is 93.7 Å². The van der Waals surface area contributed by atoms with Gasteiger partial charge in [-0.2, -0.15) is 0 Å². The molecule has 0 bridgehead atoms. The van der Waals surface area contributed by atoms with Crippen LogP contribution in [0, 0.1) is 23.5 Å². The Balaban J connectivity index is 1.90. The molecule has 3 rings (SSSR count). The number of aliphatic hydroxyl groups excluding tert-OH is 1. The van der Waals surface area contributed by atoms with E-state index in [9.17, 15) is 23.5 Å². The minimum atomic E-state index is -1.10. The summed E-state index contributed by atoms with van der Waals surface area (Å²) >= 11 is 0. The van der Waals surface area contributed by atoms with Crippen molar-refractivity contribution >= 4 is 11.8 Å². The first kappa shape index (κ1) is 36.4. The van der Waals surface area contributed by atoms with Crippen molar-refractivity contribution in [3.05, 3.63) is 106 Å². The van der Waals surface area contributed by atoms with E-state index in [1.165, 1.54) is 23.8 Å². The molecule has 9 heteroatoms. The standard InChI is InChI=1S/C37H46F2N4O3/c1-5-14-43(15-6-2)37(46)31-18-27(12-9-13-40-4)17-30(22-31)36(45)42-34(21-29-19-32(38)23-33(39)20-29)35(44)25-41-24-28-11-8-10-26(7-3)16-28/h8,10-11,16-20,22-23,34-35,40-41,44H,5-7,13-15,21,24-25H2,1-4H3,(H,42,45)/t34-,35+/m1/s1. The highest BCUT2D eigenvalue weighted by molar-refractivity contribution is 6.00. The molecule has 0 aliphatic carbocycles. The van der Waals surface area contributed by atoms with Crippen LogP contribution in [0.1, 0.15) is 76.6 Å². The lowest BCUT2D eigenvalue weighted by atomic mass is 9.99. The van der Waals surface area contributed by atoms with E-state index in [0.29, 0.717) is 37.3 Å². The van der Waals surface area contributed by atoms with Crippen LogP contribution in [0.3, 0.4) is 0 Å². The van der Waals surface area contributed by atoms with Gasteiger partial charge in [0.2, 0.25) is 0 Å². The molecule has 7 nitrogen and oxygen atoms in total. The molecule has 0 aliphatic heterocycles. The lowest BCUT2D eigenvalue weighted by molar-refractivity contribution is 0.0755. The van der Waals surface area contributed by atoms with Gasteiger partial charge in [0.25, 0.3) is 11.8 Å². The van der Waals surface area contributed by atoms with Crippen molar-refractivity contribution in [3.8, 4) is 11.8 Å². The van der Waals surface area contributed by atoms with Crippen LogP contribution in [0.25, 0.3) is 0 Å². The van der Waals surface area contributed by atoms with Gasteiger partial charge in [-0.05, 0) is 79.8 Å². The zero-order valence-electron chi connectivity index (χ0n) is 27.3. The third-order valence-corrected chi connectivity index (χ3v) is 7.46. The molecule has 0 heterocycles. The SMILES string of the molecule is CCCN(CCC)C(=O)c1cc(C#CCNC)cc(C(=O)N[C@H](Cc2cc(F)cc(F)c2)[C@@H](O)CNCc2cccc(CC)c2)c1. The molecule has 4 N–H and O–H groups in total. The predicted octanol–water partition coefficient (Wildman–Crippen LogP) is 4.85. The summed E-state index contributed by atoms with van der Waals surface area (Å²) in [7, 11) is 1.77. The van der Waals surface area contributed by atoms with Gasteiger partial charge < -0.3 is 26.0 Å². The van der Waals surface area contributed by atoms with E-state index in [1.54, 1.807) is 24.1 Å². The molecule has 246 valence electrons. The van der Waals surface area contributed by atoms with Gasteiger partial charge in [-0.15, -0.1) is 0 Å². The van der Waals surface area contributed by atoms with E-state index in [-0.39, 0.29) is 30.0 Å². The van der Waals surface area contributed by atoms with E-state index >= 15 is 0 Å². The molecular weight excluding hydrogens is 586 g/mol. The van der Waals surface area contributed by atoms with Gasteiger partial charge in [0.15, 0.2) is 0 Å². The molecule has 3 aromatic carbocycles. The number of amides is 2. The predicted molar refractivity (Wildman–Crippen MR) is 179 cm³/mol. The number of benzene rings is 3. The molecule has 3 aromatic rings. The van der Waals surface area contributed by atoms with Crippen LogP contribution in [0.5, 0.6) is 0 Å². The largest absolute Gasteiger partial charge is 0.390 e. The minimum absolute atomic E-state index is 0.0250. The molecule has 46 heavy (non-hydrogen) atoms. The van der Waals surface area contributed by atoms with E-state index in [4.69, 9.17) is 0 Å². The number of aliphatic hydroxyl groups is 1. The minimum Gasteiger partial charge on any atom is -0.390 e. The normalized spacial score (nSPS) is 12.2. The lowest BCUT2D eigenvalue weighted by Crippen LogP contribution is -2.48. The number of carbonyl (C=O) groups is 2. The number of carbonyl (C=O) groups excluding carboxylic acids is 2. The average molecular weight is 633 g/mol. The van der Waals surface area contributed by atoms with Crippen molar-refractivity contribution in [2.75, 3.05) is 33.2 Å². The van der Waals surface area contributed by atoms with Gasteiger partial charge in [0.05, 0.1) is 18.7 Å². The molecule has 0 fully saturated rings. The van der Waals surface area contributed by atoms with Gasteiger partial charge in [-0.25, -0.2) is 8.78 Å². The maximum absolute atomic E-state index is 14.1. The maximum Gasteiger partial charge on any atom is 0.253 e. The van der Waals surface area contributed by atoms with Crippen molar-refractivity contribution < 1.29 is 23.5 Å². The average Bonchev–Trinajstić information content (AvgIpc) is 3.03. The first-order valence-corrected chi connectivity index (χ1v) is 16.0. The van der Waals surface area contributed by atoms with Gasteiger partial charge in [0, 0.05) is 48.9 Å². The second-order valence-corrected chi connectivity index (χ2v) is 11.4. The molecular formula is C37H46F2N4O3. The van der Waals surface area contributed by atoms with E-state index in [2.05, 4.69) is 40.8 Å². The highest BCUT2D eigenvalue weighted by Crippen LogP contribution is 2.16. The monoisotopic (exact) mass is 632 g/mol. The van der Waals surface area contributed by atoms with Gasteiger partial charge in [0.1, 0.15) is 11.6 Å². The van der Waals surface area contributed by atoms with Gasteiger partial charge >= 0.3 is 0 Å². The smallest absolute Gasteiger partial charge is 0.253 e. The van der Waals surface area contributed by atoms with Crippen LogP contribution in [-0.4, -0.2) is 67.2 Å². The second kappa shape index (κ2) is 18.8. The van der Waals surface area contributed by atoms with Crippen LogP contribution in [0.15, 0.2) is 60.7 Å². The van der Waals surface area contributed by atoms with Crippen LogP contribution in [0.2, 0.25) is 0 Å². The van der Waals surface area contributed by atoms with E-state index in [1.807, 2.05) is 32.0 Å². The maximum atomic E-state index is 14.1. The fourth-order valence-corrected chi connectivity index (χ4v) is 5.21. The van der Waals surface area contributed by atoms with Crippen molar-refractivity contribution in [2.24, 2.45) is 0 Å². The third-order valence-electron chi connectivity index (χ3n) is 7.46. The third kappa shape index (κ3) is 11.4. The fraction of sp³-hybridized carbons (Fsp3) is 0.405. The summed E-state index contributed by atoms with van der Waals surface area (Å²) in [6.07, 6.45) is 1.36. The summed E-state index contributed by atoms with van der Waals surface area (Å²) in [5, 5.41) is 20.3.